The molecule has 0 spiro atoms. The van der Waals surface area contributed by atoms with Crippen molar-refractivity contribution in [1.29, 1.82) is 0 Å². The summed E-state index contributed by atoms with van der Waals surface area (Å²) in [6.07, 6.45) is 3.88. The molecule has 0 radical (unpaired) electrons. The highest BCUT2D eigenvalue weighted by atomic mass is 16.5. The van der Waals surface area contributed by atoms with Crippen LogP contribution in [0.5, 0.6) is 0 Å². The van der Waals surface area contributed by atoms with E-state index in [9.17, 15) is 4.79 Å². The SMILES string of the molecule is CCCC(C)(N)C(=O)N1CCC(OCCC(C)C)C1. The summed E-state index contributed by atoms with van der Waals surface area (Å²) in [7, 11) is 0. The molecule has 4 nitrogen and oxygen atoms in total. The molecule has 2 unspecified atom stereocenters. The van der Waals surface area contributed by atoms with Crippen LogP contribution in [0.15, 0.2) is 0 Å². The number of rotatable bonds is 7. The molecule has 4 heteroatoms. The lowest BCUT2D eigenvalue weighted by molar-refractivity contribution is -0.136. The number of nitrogens with zero attached hydrogens (tertiary/aromatic N) is 1. The maximum absolute atomic E-state index is 12.3. The fourth-order valence-corrected chi connectivity index (χ4v) is 2.51. The molecule has 0 bridgehead atoms. The van der Waals surface area contributed by atoms with Gasteiger partial charge in [0.05, 0.1) is 11.6 Å². The Labute approximate surface area is 117 Å². The van der Waals surface area contributed by atoms with Crippen LogP contribution in [-0.2, 0) is 9.53 Å². The van der Waals surface area contributed by atoms with Crippen LogP contribution in [0.2, 0.25) is 0 Å². The molecule has 1 amide bonds. The third-order valence-electron chi connectivity index (χ3n) is 3.74. The van der Waals surface area contributed by atoms with Crippen molar-refractivity contribution < 1.29 is 9.53 Å². The molecule has 1 heterocycles. The standard InChI is InChI=1S/C15H30N2O2/c1-5-8-15(4,16)14(18)17-9-6-13(11-17)19-10-7-12(2)3/h12-13H,5-11,16H2,1-4H3. The first-order chi connectivity index (χ1) is 8.86. The van der Waals surface area contributed by atoms with Gasteiger partial charge in [-0.15, -0.1) is 0 Å². The van der Waals surface area contributed by atoms with Crippen molar-refractivity contribution in [3.8, 4) is 0 Å². The maximum Gasteiger partial charge on any atom is 0.242 e. The zero-order valence-corrected chi connectivity index (χ0v) is 12.9. The lowest BCUT2D eigenvalue weighted by Gasteiger charge is -2.28. The van der Waals surface area contributed by atoms with E-state index in [0.717, 1.165) is 38.8 Å². The Morgan fingerprint density at radius 2 is 2.21 bits per heavy atom. The van der Waals surface area contributed by atoms with Gasteiger partial charge in [-0.2, -0.15) is 0 Å². The predicted molar refractivity (Wildman–Crippen MR) is 77.9 cm³/mol. The Morgan fingerprint density at radius 3 is 2.79 bits per heavy atom. The number of carbonyl (C=O) groups is 1. The van der Waals surface area contributed by atoms with Crippen molar-refractivity contribution >= 4 is 5.91 Å². The average molecular weight is 270 g/mol. The lowest BCUT2D eigenvalue weighted by Crippen LogP contribution is -2.52. The van der Waals surface area contributed by atoms with Gasteiger partial charge in [0, 0.05) is 19.7 Å². The van der Waals surface area contributed by atoms with E-state index < -0.39 is 5.54 Å². The van der Waals surface area contributed by atoms with Gasteiger partial charge < -0.3 is 15.4 Å². The molecule has 1 fully saturated rings. The Bertz CT molecular complexity index is 290. The third kappa shape index (κ3) is 5.11. The van der Waals surface area contributed by atoms with Gasteiger partial charge in [-0.3, -0.25) is 4.79 Å². The minimum absolute atomic E-state index is 0.0734. The topological polar surface area (TPSA) is 55.6 Å². The highest BCUT2D eigenvalue weighted by Gasteiger charge is 2.35. The molecule has 2 atom stereocenters. The first kappa shape index (κ1) is 16.4. The Hall–Kier alpha value is -0.610. The van der Waals surface area contributed by atoms with Crippen molar-refractivity contribution in [2.75, 3.05) is 19.7 Å². The molecule has 1 aliphatic rings. The van der Waals surface area contributed by atoms with Gasteiger partial charge in [0.25, 0.3) is 0 Å². The van der Waals surface area contributed by atoms with Crippen molar-refractivity contribution in [1.82, 2.24) is 4.90 Å². The van der Waals surface area contributed by atoms with Crippen molar-refractivity contribution in [2.45, 2.75) is 65.0 Å². The van der Waals surface area contributed by atoms with E-state index in [2.05, 4.69) is 20.8 Å². The largest absolute Gasteiger partial charge is 0.376 e. The summed E-state index contributed by atoms with van der Waals surface area (Å²) in [6, 6.07) is 0. The van der Waals surface area contributed by atoms with E-state index in [-0.39, 0.29) is 12.0 Å². The summed E-state index contributed by atoms with van der Waals surface area (Å²) in [5, 5.41) is 0. The first-order valence-electron chi connectivity index (χ1n) is 7.56. The Balaban J connectivity index is 2.37. The van der Waals surface area contributed by atoms with Gasteiger partial charge >= 0.3 is 0 Å². The lowest BCUT2D eigenvalue weighted by atomic mass is 9.96. The number of hydrogen-bond donors (Lipinski definition) is 1. The summed E-state index contributed by atoms with van der Waals surface area (Å²) in [5.74, 6) is 0.736. The van der Waals surface area contributed by atoms with Crippen molar-refractivity contribution in [2.24, 2.45) is 11.7 Å². The number of carbonyl (C=O) groups excluding carboxylic acids is 1. The van der Waals surface area contributed by atoms with Crippen LogP contribution >= 0.6 is 0 Å². The number of ether oxygens (including phenoxy) is 1. The van der Waals surface area contributed by atoms with E-state index in [4.69, 9.17) is 10.5 Å². The smallest absolute Gasteiger partial charge is 0.242 e. The maximum atomic E-state index is 12.3. The summed E-state index contributed by atoms with van der Waals surface area (Å²) in [4.78, 5) is 14.2. The van der Waals surface area contributed by atoms with Crippen molar-refractivity contribution in [3.05, 3.63) is 0 Å². The van der Waals surface area contributed by atoms with Gasteiger partial charge in [0.1, 0.15) is 0 Å². The van der Waals surface area contributed by atoms with Crippen LogP contribution in [0.1, 0.15) is 53.4 Å². The molecule has 0 aromatic rings. The fourth-order valence-electron chi connectivity index (χ4n) is 2.51. The normalized spacial score (nSPS) is 22.8. The Morgan fingerprint density at radius 1 is 1.53 bits per heavy atom. The molecule has 2 N–H and O–H groups in total. The second kappa shape index (κ2) is 7.25. The molecule has 0 aliphatic carbocycles. The van der Waals surface area contributed by atoms with E-state index in [1.165, 1.54) is 0 Å². The van der Waals surface area contributed by atoms with Gasteiger partial charge in [-0.05, 0) is 32.1 Å². The fraction of sp³-hybridized carbons (Fsp3) is 0.933. The van der Waals surface area contributed by atoms with Gasteiger partial charge in [0.15, 0.2) is 0 Å². The highest BCUT2D eigenvalue weighted by molar-refractivity contribution is 5.85. The minimum Gasteiger partial charge on any atom is -0.376 e. The predicted octanol–water partition coefficient (Wildman–Crippen LogP) is 2.17. The molecule has 0 saturated carbocycles. The number of hydrogen-bond acceptors (Lipinski definition) is 3. The minimum atomic E-state index is -0.721. The van der Waals surface area contributed by atoms with Crippen LogP contribution in [0, 0.1) is 5.92 Å². The third-order valence-corrected chi connectivity index (χ3v) is 3.74. The molecular formula is C15H30N2O2. The second-order valence-electron chi connectivity index (χ2n) is 6.38. The average Bonchev–Trinajstić information content (AvgIpc) is 2.76. The van der Waals surface area contributed by atoms with Crippen molar-refractivity contribution in [3.63, 3.8) is 0 Å². The van der Waals surface area contributed by atoms with Crippen LogP contribution in [0.4, 0.5) is 0 Å². The summed E-state index contributed by atoms with van der Waals surface area (Å²) < 4.78 is 5.83. The number of amides is 1. The highest BCUT2D eigenvalue weighted by Crippen LogP contribution is 2.19. The van der Waals surface area contributed by atoms with Gasteiger partial charge in [-0.25, -0.2) is 0 Å². The quantitative estimate of drug-likeness (QED) is 0.771. The van der Waals surface area contributed by atoms with Gasteiger partial charge in [0.2, 0.25) is 5.91 Å². The van der Waals surface area contributed by atoms with Crippen LogP contribution in [0.25, 0.3) is 0 Å². The summed E-state index contributed by atoms with van der Waals surface area (Å²) in [5.41, 5.74) is 5.38. The molecule has 1 aliphatic heterocycles. The number of likely N-dealkylation sites (tertiary alicyclic amines) is 1. The van der Waals surface area contributed by atoms with Crippen LogP contribution in [0.3, 0.4) is 0 Å². The zero-order valence-electron chi connectivity index (χ0n) is 12.9. The number of nitrogens with two attached hydrogens (primary N) is 1. The molecule has 0 aromatic heterocycles. The van der Waals surface area contributed by atoms with Crippen LogP contribution < -0.4 is 5.73 Å². The second-order valence-corrected chi connectivity index (χ2v) is 6.38. The van der Waals surface area contributed by atoms with E-state index in [1.54, 1.807) is 0 Å². The zero-order chi connectivity index (χ0) is 14.5. The Kier molecular flexibility index (Phi) is 6.27. The van der Waals surface area contributed by atoms with E-state index >= 15 is 0 Å². The first-order valence-corrected chi connectivity index (χ1v) is 7.56. The molecule has 19 heavy (non-hydrogen) atoms. The molecule has 112 valence electrons. The molecular weight excluding hydrogens is 240 g/mol. The van der Waals surface area contributed by atoms with E-state index in [1.807, 2.05) is 11.8 Å². The molecule has 0 aromatic carbocycles. The van der Waals surface area contributed by atoms with Crippen LogP contribution in [-0.4, -0.2) is 42.1 Å². The molecule has 1 rings (SSSR count). The monoisotopic (exact) mass is 270 g/mol. The van der Waals surface area contributed by atoms with Gasteiger partial charge in [-0.1, -0.05) is 27.2 Å². The summed E-state index contributed by atoms with van der Waals surface area (Å²) >= 11 is 0. The van der Waals surface area contributed by atoms with E-state index in [0.29, 0.717) is 12.5 Å². The summed E-state index contributed by atoms with van der Waals surface area (Å²) in [6.45, 7) is 10.6. The molecule has 1 saturated heterocycles.